The highest BCUT2D eigenvalue weighted by molar-refractivity contribution is 7.16. The molecule has 0 saturated carbocycles. The van der Waals surface area contributed by atoms with Crippen molar-refractivity contribution >= 4 is 27.4 Å². The third kappa shape index (κ3) is 2.19. The van der Waals surface area contributed by atoms with Gasteiger partial charge in [-0.15, -0.1) is 11.3 Å². The molecule has 1 atom stereocenters. The van der Waals surface area contributed by atoms with Crippen molar-refractivity contribution in [3.8, 4) is 0 Å². The van der Waals surface area contributed by atoms with Crippen molar-refractivity contribution in [1.29, 1.82) is 0 Å². The third-order valence-electron chi connectivity index (χ3n) is 3.37. The largest absolute Gasteiger partial charge is 0.387 e. The maximum Gasteiger partial charge on any atom is 0.138 e. The minimum Gasteiger partial charge on any atom is -0.387 e. The molecule has 3 heterocycles. The Kier molecular flexibility index (Phi) is 2.93. The average Bonchev–Trinajstić information content (AvgIpc) is 2.94. The molecule has 3 rings (SSSR count). The molecule has 2 aromatic heterocycles. The molecular formula is C12H16N4OS. The summed E-state index contributed by atoms with van der Waals surface area (Å²) >= 11 is 1.60. The minimum absolute atomic E-state index is 0.527. The van der Waals surface area contributed by atoms with Crippen molar-refractivity contribution in [2.45, 2.75) is 12.0 Å². The lowest BCUT2D eigenvalue weighted by atomic mass is 10.0. The van der Waals surface area contributed by atoms with Crippen LogP contribution < -0.4 is 5.32 Å². The van der Waals surface area contributed by atoms with Gasteiger partial charge in [-0.25, -0.2) is 9.97 Å². The fraction of sp³-hybridized carbons (Fsp3) is 0.500. The van der Waals surface area contributed by atoms with E-state index < -0.39 is 5.60 Å². The van der Waals surface area contributed by atoms with Crippen molar-refractivity contribution < 1.29 is 5.11 Å². The van der Waals surface area contributed by atoms with E-state index in [2.05, 4.69) is 20.2 Å². The summed E-state index contributed by atoms with van der Waals surface area (Å²) in [4.78, 5) is 11.6. The normalized spacial score (nSPS) is 24.8. The number of hydrogen-bond donors (Lipinski definition) is 2. The Morgan fingerprint density at radius 3 is 3.22 bits per heavy atom. The number of fused-ring (bicyclic) bond motifs is 1. The number of nitrogens with one attached hydrogen (secondary N) is 1. The molecule has 1 aliphatic heterocycles. The second-order valence-electron chi connectivity index (χ2n) is 4.93. The van der Waals surface area contributed by atoms with E-state index in [9.17, 15) is 5.11 Å². The number of thiophene rings is 1. The second-order valence-corrected chi connectivity index (χ2v) is 5.82. The van der Waals surface area contributed by atoms with Crippen LogP contribution in [0.4, 0.5) is 5.82 Å². The highest BCUT2D eigenvalue weighted by Gasteiger charge is 2.34. The van der Waals surface area contributed by atoms with E-state index in [1.54, 1.807) is 17.7 Å². The van der Waals surface area contributed by atoms with E-state index in [1.807, 2.05) is 18.5 Å². The Labute approximate surface area is 109 Å². The van der Waals surface area contributed by atoms with Crippen LogP contribution in [0, 0.1) is 0 Å². The summed E-state index contributed by atoms with van der Waals surface area (Å²) < 4.78 is 0. The Hall–Kier alpha value is -1.24. The number of aromatic nitrogens is 2. The van der Waals surface area contributed by atoms with Gasteiger partial charge in [-0.1, -0.05) is 0 Å². The van der Waals surface area contributed by atoms with Crippen molar-refractivity contribution in [2.24, 2.45) is 0 Å². The van der Waals surface area contributed by atoms with Crippen molar-refractivity contribution in [1.82, 2.24) is 14.9 Å². The SMILES string of the molecule is CN1CCC(O)(CNc2ncnc3sccc23)C1. The van der Waals surface area contributed by atoms with Gasteiger partial charge in [-0.3, -0.25) is 0 Å². The molecule has 0 amide bonds. The van der Waals surface area contributed by atoms with Gasteiger partial charge in [0.25, 0.3) is 0 Å². The van der Waals surface area contributed by atoms with E-state index in [0.717, 1.165) is 29.0 Å². The van der Waals surface area contributed by atoms with E-state index in [4.69, 9.17) is 0 Å². The summed E-state index contributed by atoms with van der Waals surface area (Å²) in [7, 11) is 2.03. The lowest BCUT2D eigenvalue weighted by molar-refractivity contribution is 0.0653. The number of aliphatic hydroxyl groups is 1. The van der Waals surface area contributed by atoms with E-state index in [-0.39, 0.29) is 0 Å². The number of likely N-dealkylation sites (tertiary alicyclic amines) is 1. The van der Waals surface area contributed by atoms with Crippen LogP contribution in [0.5, 0.6) is 0 Å². The number of nitrogens with zero attached hydrogens (tertiary/aromatic N) is 3. The number of hydrogen-bond acceptors (Lipinski definition) is 6. The number of β-amino-alcohol motifs (C(OH)–C–C–N with tert-alkyl or cyclic N) is 1. The smallest absolute Gasteiger partial charge is 0.138 e. The zero-order valence-electron chi connectivity index (χ0n) is 10.3. The fourth-order valence-electron chi connectivity index (χ4n) is 2.38. The fourth-order valence-corrected chi connectivity index (χ4v) is 3.12. The molecule has 1 unspecified atom stereocenters. The monoisotopic (exact) mass is 264 g/mol. The van der Waals surface area contributed by atoms with E-state index >= 15 is 0 Å². The van der Waals surface area contributed by atoms with Crippen LogP contribution in [-0.4, -0.2) is 52.3 Å². The first kappa shape index (κ1) is 11.8. The lowest BCUT2D eigenvalue weighted by Gasteiger charge is -2.23. The van der Waals surface area contributed by atoms with Crippen LogP contribution in [0.2, 0.25) is 0 Å². The zero-order chi connectivity index (χ0) is 12.6. The second kappa shape index (κ2) is 4.46. The summed E-state index contributed by atoms with van der Waals surface area (Å²) in [6, 6.07) is 2.01. The maximum atomic E-state index is 10.4. The zero-order valence-corrected chi connectivity index (χ0v) is 11.1. The summed E-state index contributed by atoms with van der Waals surface area (Å²) in [5, 5.41) is 16.7. The van der Waals surface area contributed by atoms with E-state index in [0.29, 0.717) is 13.1 Å². The Bertz CT molecular complexity index is 558. The average molecular weight is 264 g/mol. The maximum absolute atomic E-state index is 10.4. The lowest BCUT2D eigenvalue weighted by Crippen LogP contribution is -2.39. The Morgan fingerprint density at radius 2 is 2.44 bits per heavy atom. The molecule has 0 aromatic carbocycles. The van der Waals surface area contributed by atoms with Gasteiger partial charge in [0.05, 0.1) is 11.0 Å². The molecule has 0 bridgehead atoms. The molecule has 96 valence electrons. The van der Waals surface area contributed by atoms with Crippen molar-refractivity contribution in [3.63, 3.8) is 0 Å². The molecule has 0 aliphatic carbocycles. The van der Waals surface area contributed by atoms with Gasteiger partial charge < -0.3 is 15.3 Å². The van der Waals surface area contributed by atoms with Gasteiger partial charge in [-0.2, -0.15) is 0 Å². The van der Waals surface area contributed by atoms with Crippen LogP contribution in [0.1, 0.15) is 6.42 Å². The molecule has 18 heavy (non-hydrogen) atoms. The Balaban J connectivity index is 1.75. The molecule has 1 fully saturated rings. The standard InChI is InChI=1S/C12H16N4OS/c1-16-4-3-12(17,7-16)6-13-10-9-2-5-18-11(9)15-8-14-10/h2,5,8,17H,3-4,6-7H2,1H3,(H,13,14,15). The summed E-state index contributed by atoms with van der Waals surface area (Å²) in [6.07, 6.45) is 2.36. The molecule has 0 radical (unpaired) electrons. The van der Waals surface area contributed by atoms with Crippen LogP contribution >= 0.6 is 11.3 Å². The van der Waals surface area contributed by atoms with Gasteiger partial charge in [0, 0.05) is 19.6 Å². The van der Waals surface area contributed by atoms with Gasteiger partial charge in [-0.05, 0) is 24.9 Å². The molecule has 6 heteroatoms. The number of anilines is 1. The highest BCUT2D eigenvalue weighted by Crippen LogP contribution is 2.25. The summed E-state index contributed by atoms with van der Waals surface area (Å²) in [5.41, 5.74) is -0.651. The van der Waals surface area contributed by atoms with Gasteiger partial charge in [0.1, 0.15) is 17.0 Å². The highest BCUT2D eigenvalue weighted by atomic mass is 32.1. The first-order valence-corrected chi connectivity index (χ1v) is 6.87. The van der Waals surface area contributed by atoms with Crippen LogP contribution in [0.25, 0.3) is 10.2 Å². The molecule has 2 N–H and O–H groups in total. The first-order valence-electron chi connectivity index (χ1n) is 5.99. The quantitative estimate of drug-likeness (QED) is 0.871. The number of rotatable bonds is 3. The molecule has 1 aliphatic rings. The topological polar surface area (TPSA) is 61.3 Å². The predicted molar refractivity (Wildman–Crippen MR) is 73.0 cm³/mol. The predicted octanol–water partition coefficient (Wildman–Crippen LogP) is 1.17. The summed E-state index contributed by atoms with van der Waals surface area (Å²) in [5.74, 6) is 0.809. The Morgan fingerprint density at radius 1 is 1.56 bits per heavy atom. The molecule has 1 saturated heterocycles. The van der Waals surface area contributed by atoms with Crippen molar-refractivity contribution in [3.05, 3.63) is 17.8 Å². The van der Waals surface area contributed by atoms with Crippen LogP contribution in [0.3, 0.4) is 0 Å². The molecule has 2 aromatic rings. The van der Waals surface area contributed by atoms with Gasteiger partial charge >= 0.3 is 0 Å². The molecule has 5 nitrogen and oxygen atoms in total. The molecular weight excluding hydrogens is 248 g/mol. The van der Waals surface area contributed by atoms with Gasteiger partial charge in [0.15, 0.2) is 0 Å². The third-order valence-corrected chi connectivity index (χ3v) is 4.19. The summed E-state index contributed by atoms with van der Waals surface area (Å²) in [6.45, 7) is 2.17. The van der Waals surface area contributed by atoms with E-state index in [1.165, 1.54) is 0 Å². The van der Waals surface area contributed by atoms with Crippen LogP contribution in [-0.2, 0) is 0 Å². The first-order chi connectivity index (χ1) is 8.66. The number of likely N-dealkylation sites (N-methyl/N-ethyl adjacent to an activating group) is 1. The molecule has 0 spiro atoms. The van der Waals surface area contributed by atoms with Crippen LogP contribution in [0.15, 0.2) is 17.8 Å². The van der Waals surface area contributed by atoms with Gasteiger partial charge in [0.2, 0.25) is 0 Å². The van der Waals surface area contributed by atoms with Crippen molar-refractivity contribution in [2.75, 3.05) is 32.0 Å². The minimum atomic E-state index is -0.651.